The van der Waals surface area contributed by atoms with Crippen molar-refractivity contribution in [1.82, 2.24) is 62.5 Å². The third-order valence-electron chi connectivity index (χ3n) is 18.5. The summed E-state index contributed by atoms with van der Waals surface area (Å²) in [5.74, 6) is 2.29. The molecular weight excluding hydrogens is 1600 g/mol. The maximum absolute atomic E-state index is 13.2. The monoisotopic (exact) mass is 1660 g/mol. The molecule has 8 amide bonds. The summed E-state index contributed by atoms with van der Waals surface area (Å²) in [6.45, 7) is 7.25. The zero-order valence-electron chi connectivity index (χ0n) is 62.0. The minimum atomic E-state index is -4.48. The Labute approximate surface area is 683 Å². The van der Waals surface area contributed by atoms with Crippen LogP contribution in [0.4, 0.5) is 36.7 Å². The molecule has 4 aliphatic rings. The van der Waals surface area contributed by atoms with Gasteiger partial charge in [-0.05, 0) is 196 Å². The molecule has 31 heteroatoms. The molecule has 4 unspecified atom stereocenters. The highest BCUT2D eigenvalue weighted by Gasteiger charge is 2.37. The maximum atomic E-state index is 13.2. The van der Waals surface area contributed by atoms with E-state index in [0.717, 1.165) is 134 Å². The molecule has 586 valence electrons. The summed E-state index contributed by atoms with van der Waals surface area (Å²) >= 11 is 18.3. The number of ether oxygens (including phenoxy) is 3. The molecule has 10 N–H and O–H groups in total. The van der Waals surface area contributed by atoms with Crippen molar-refractivity contribution >= 4 is 115 Å². The topological polar surface area (TPSA) is 284 Å². The number of alkyl halides is 3. The molecule has 0 bridgehead atoms. The van der Waals surface area contributed by atoms with E-state index in [0.29, 0.717) is 37.6 Å². The molecule has 0 fully saturated rings. The van der Waals surface area contributed by atoms with Crippen molar-refractivity contribution in [3.8, 4) is 73.8 Å². The summed E-state index contributed by atoms with van der Waals surface area (Å²) in [6.07, 6.45) is -4.48. The van der Waals surface area contributed by atoms with Gasteiger partial charge in [-0.2, -0.15) is 13.2 Å². The number of rotatable bonds is 15. The first-order valence-electron chi connectivity index (χ1n) is 35.1. The van der Waals surface area contributed by atoms with Crippen LogP contribution in [0.5, 0.6) is 28.7 Å². The highest BCUT2D eigenvalue weighted by molar-refractivity contribution is 7.12. The first-order valence-corrected chi connectivity index (χ1v) is 39.4. The Balaban J connectivity index is 0.000000134. The van der Waals surface area contributed by atoms with E-state index in [2.05, 4.69) is 47.5 Å². The van der Waals surface area contributed by atoms with Gasteiger partial charge in [0.05, 0.1) is 73.8 Å². The number of aromatic hydroxyl groups is 2. The molecule has 0 saturated carbocycles. The van der Waals surface area contributed by atoms with Crippen LogP contribution in [0.25, 0.3) is 67.3 Å². The number of urea groups is 4. The fourth-order valence-electron chi connectivity index (χ4n) is 13.0. The van der Waals surface area contributed by atoms with Gasteiger partial charge in [0.15, 0.2) is 0 Å². The molecule has 8 aromatic carbocycles. The molecule has 4 atom stereocenters. The van der Waals surface area contributed by atoms with Crippen molar-refractivity contribution in [1.29, 1.82) is 0 Å². The van der Waals surface area contributed by atoms with Crippen LogP contribution in [0, 0.1) is 5.82 Å². The van der Waals surface area contributed by atoms with Crippen molar-refractivity contribution in [2.45, 2.75) is 58.0 Å². The van der Waals surface area contributed by atoms with Crippen LogP contribution in [0.2, 0.25) is 10.0 Å². The number of allylic oxidation sites excluding steroid dienone is 4. The van der Waals surface area contributed by atoms with E-state index in [1.807, 2.05) is 133 Å². The Morgan fingerprint density at radius 3 is 1.01 bits per heavy atom. The van der Waals surface area contributed by atoms with Crippen LogP contribution in [0.15, 0.2) is 232 Å². The lowest BCUT2D eigenvalue weighted by Crippen LogP contribution is -2.43. The van der Waals surface area contributed by atoms with Crippen molar-refractivity contribution in [2.24, 2.45) is 0 Å². The third kappa shape index (κ3) is 19.0. The van der Waals surface area contributed by atoms with Crippen LogP contribution in [-0.4, -0.2) is 75.6 Å². The van der Waals surface area contributed by atoms with Gasteiger partial charge < -0.3 is 67.0 Å². The Kier molecular flexibility index (Phi) is 24.8. The molecule has 0 saturated heterocycles. The van der Waals surface area contributed by atoms with Gasteiger partial charge in [0, 0.05) is 98.9 Å². The fourth-order valence-corrected chi connectivity index (χ4v) is 17.3. The minimum Gasteiger partial charge on any atom is -0.508 e. The van der Waals surface area contributed by atoms with E-state index in [1.54, 1.807) is 95.0 Å². The quantitative estimate of drug-likeness (QED) is 0.0428. The number of nitrogens with zero attached hydrogens (tertiary/aromatic N) is 4. The van der Waals surface area contributed by atoms with Crippen molar-refractivity contribution in [3.63, 3.8) is 0 Å². The Hall–Kier alpha value is -12.4. The number of methoxy groups -OCH3 is 3. The maximum Gasteiger partial charge on any atom is 0.416 e. The van der Waals surface area contributed by atoms with Gasteiger partial charge in [0.25, 0.3) is 0 Å². The summed E-state index contributed by atoms with van der Waals surface area (Å²) in [6, 6.07) is 49.6. The lowest BCUT2D eigenvalue weighted by atomic mass is 9.94. The van der Waals surface area contributed by atoms with Crippen LogP contribution < -0.4 is 56.7 Å². The van der Waals surface area contributed by atoms with Crippen LogP contribution in [0.3, 0.4) is 0 Å². The van der Waals surface area contributed by atoms with Crippen molar-refractivity contribution in [3.05, 3.63) is 296 Å². The molecule has 4 aromatic heterocycles. The number of carbonyl (C=O) groups excluding carboxylic acids is 4. The lowest BCUT2D eigenvalue weighted by molar-refractivity contribution is -0.137. The van der Waals surface area contributed by atoms with Gasteiger partial charge >= 0.3 is 30.3 Å². The van der Waals surface area contributed by atoms with E-state index in [4.69, 9.17) is 52.4 Å². The largest absolute Gasteiger partial charge is 0.508 e. The molecule has 0 aliphatic carbocycles. The van der Waals surface area contributed by atoms with Crippen LogP contribution >= 0.6 is 68.5 Å². The molecular formula is C84H70Cl2F4N12O9S4. The molecule has 8 heterocycles. The third-order valence-corrected chi connectivity index (χ3v) is 22.6. The standard InChI is InChI=1S/C22H18F3N3O2S.C21H17Cl2N3O2S.C21H19N3O3S.C20H16FN3O2S/c1-12-18(20-27-17(11-31-20)13-6-8-16(30-2)9-7-13)19(28-21(29)26-12)14-4-3-5-15(10-14)22(23,24)25;1-11-18(19(26-21(27)24-11)15-8-5-13(22)9-16(15)23)20-25-17(10-29-20)12-3-6-14(28-2)7-4-12;1-12-18(19(24-21(26)22-12)14-4-3-5-15(25)10-14)20-23-17(11-28-20)13-6-8-16(27-2)9-7-13;1-11-17(18(24-20(26)22-11)13-3-2-4-15(25)9-13)19-23-16(10-27-19)12-5-7-14(21)8-6-12/h3-11,19H,1-2H3,(H2,26,28,29);3-10,19H,1-2H3,(H2,24,26,27);3-11,19,25H,1-2H3,(H2,22,24,26);2-10,18,25H,1H3,(H2,22,24,26). The Morgan fingerprint density at radius 2 is 0.696 bits per heavy atom. The fraction of sp³-hybridized carbons (Fsp3) is 0.143. The van der Waals surface area contributed by atoms with E-state index in [1.165, 1.54) is 63.5 Å². The van der Waals surface area contributed by atoms with E-state index >= 15 is 0 Å². The normalized spacial score (nSPS) is 16.6. The summed E-state index contributed by atoms with van der Waals surface area (Å²) < 4.78 is 68.4. The van der Waals surface area contributed by atoms with Gasteiger partial charge in [-0.15, -0.1) is 45.3 Å². The second-order valence-corrected chi connectivity index (χ2v) is 30.4. The molecule has 21 nitrogen and oxygen atoms in total. The van der Waals surface area contributed by atoms with Crippen molar-refractivity contribution in [2.75, 3.05) is 21.3 Å². The first-order chi connectivity index (χ1) is 55.3. The second kappa shape index (κ2) is 35.3. The molecule has 0 radical (unpaired) electrons. The smallest absolute Gasteiger partial charge is 0.416 e. The molecule has 4 aliphatic heterocycles. The van der Waals surface area contributed by atoms with Gasteiger partial charge in [-0.1, -0.05) is 65.7 Å². The lowest BCUT2D eigenvalue weighted by Gasteiger charge is -2.29. The van der Waals surface area contributed by atoms with Gasteiger partial charge in [0.2, 0.25) is 0 Å². The summed E-state index contributed by atoms with van der Waals surface area (Å²) in [7, 11) is 4.86. The number of carbonyl (C=O) groups is 4. The molecule has 0 spiro atoms. The number of phenolic OH excluding ortho intramolecular Hbond substituents is 2. The second-order valence-electron chi connectivity index (χ2n) is 26.1. The number of benzene rings is 8. The summed E-state index contributed by atoms with van der Waals surface area (Å²) in [5, 5.41) is 54.1. The molecule has 16 rings (SSSR count). The number of hydrogen-bond acceptors (Lipinski definition) is 17. The number of halogens is 6. The van der Waals surface area contributed by atoms with Crippen LogP contribution in [0.1, 0.15) is 99.7 Å². The SMILES string of the molecule is CC1=C(c2nc(-c3ccc(F)cc3)cs2)C(c2cccc(O)c2)NC(=O)N1.COc1ccc(-c2csc(C3=C(C)NC(=O)NC3c3ccc(Cl)cc3Cl)n2)cc1.COc1ccc(-c2csc(C3=C(C)NC(=O)NC3c3cccc(C(F)(F)F)c3)n2)cc1.COc1ccc(-c2csc(C3=C(C)NC(=O)NC3c3cccc(O)c3)n2)cc1. The average Bonchev–Trinajstić information content (AvgIpc) is 1.73. The van der Waals surface area contributed by atoms with E-state index in [9.17, 15) is 47.0 Å². The summed E-state index contributed by atoms with van der Waals surface area (Å²) in [5.41, 5.74) is 14.7. The van der Waals surface area contributed by atoms with Gasteiger partial charge in [0.1, 0.15) is 54.6 Å². The number of nitrogens with one attached hydrogen (secondary N) is 8. The van der Waals surface area contributed by atoms with Crippen LogP contribution in [-0.2, 0) is 6.18 Å². The predicted octanol–water partition coefficient (Wildman–Crippen LogP) is 20.3. The highest BCUT2D eigenvalue weighted by atomic mass is 35.5. The number of hydrogen-bond donors (Lipinski definition) is 10. The van der Waals surface area contributed by atoms with Gasteiger partial charge in [-0.25, -0.2) is 43.5 Å². The van der Waals surface area contributed by atoms with E-state index in [-0.39, 0.29) is 35.4 Å². The first kappa shape index (κ1) is 80.7. The average molecular weight is 1670 g/mol. The zero-order valence-corrected chi connectivity index (χ0v) is 66.7. The molecule has 115 heavy (non-hydrogen) atoms. The van der Waals surface area contributed by atoms with E-state index < -0.39 is 41.9 Å². The number of thiazole rings is 4. The highest BCUT2D eigenvalue weighted by Crippen LogP contribution is 2.45. The number of amides is 8. The van der Waals surface area contributed by atoms with Crippen molar-refractivity contribution < 1.29 is 61.2 Å². The van der Waals surface area contributed by atoms with Gasteiger partial charge in [-0.3, -0.25) is 0 Å². The predicted molar refractivity (Wildman–Crippen MR) is 442 cm³/mol. The summed E-state index contributed by atoms with van der Waals surface area (Å²) in [4.78, 5) is 67.3. The molecule has 12 aromatic rings. The Bertz CT molecular complexity index is 5770. The zero-order chi connectivity index (χ0) is 81.4. The minimum absolute atomic E-state index is 0.128. The number of aromatic nitrogens is 4. The number of phenols is 2. The Morgan fingerprint density at radius 1 is 0.391 bits per heavy atom.